The number of carbonyl (C=O) groups is 1. The molecule has 1 aliphatic heterocycles. The van der Waals surface area contributed by atoms with Crippen molar-refractivity contribution in [2.45, 2.75) is 51.8 Å². The molecule has 42 heavy (non-hydrogen) atoms. The van der Waals surface area contributed by atoms with Crippen molar-refractivity contribution < 1.29 is 33.2 Å². The Balaban J connectivity index is 1.36. The van der Waals surface area contributed by atoms with Crippen LogP contribution in [-0.2, 0) is 22.7 Å². The molecule has 1 saturated heterocycles. The Bertz CT molecular complexity index is 1460. The highest BCUT2D eigenvalue weighted by Crippen LogP contribution is 2.41. The Hall–Kier alpha value is -3.76. The second-order valence-electron chi connectivity index (χ2n) is 10.8. The molecule has 7 nitrogen and oxygen atoms in total. The molecule has 2 atom stereocenters. The van der Waals surface area contributed by atoms with Gasteiger partial charge in [-0.3, -0.25) is 0 Å². The zero-order valence-electron chi connectivity index (χ0n) is 23.7. The first-order valence-corrected chi connectivity index (χ1v) is 14.8. The van der Waals surface area contributed by atoms with Crippen LogP contribution in [0.2, 0.25) is 0 Å². The molecule has 0 aliphatic carbocycles. The van der Waals surface area contributed by atoms with E-state index in [4.69, 9.17) is 28.4 Å². The standard InChI is InChI=1S/C34H33IO7/c1-34(2,3)42-33(36)40-26-16-14-25(15-17-26)32(30-22-39-30)41-29-19-27(37-20-23-10-6-4-7-11-23)18-28(31(29)35)38-21-24-12-8-5-9-13-24/h4-19,30,32H,20-22H2,1-3H3/t30-,32+/m1/s1. The van der Waals surface area contributed by atoms with E-state index in [9.17, 15) is 4.79 Å². The molecule has 1 aliphatic rings. The maximum atomic E-state index is 12.1. The monoisotopic (exact) mass is 680 g/mol. The van der Waals surface area contributed by atoms with E-state index in [1.807, 2.05) is 84.9 Å². The summed E-state index contributed by atoms with van der Waals surface area (Å²) in [4.78, 5) is 12.1. The van der Waals surface area contributed by atoms with Gasteiger partial charge < -0.3 is 28.4 Å². The van der Waals surface area contributed by atoms with Gasteiger partial charge in [0.05, 0.1) is 10.2 Å². The summed E-state index contributed by atoms with van der Waals surface area (Å²) in [5.41, 5.74) is 2.36. The highest BCUT2D eigenvalue weighted by atomic mass is 127. The first kappa shape index (κ1) is 29.7. The fraction of sp³-hybridized carbons (Fsp3) is 0.265. The van der Waals surface area contributed by atoms with Crippen LogP contribution in [-0.4, -0.2) is 24.5 Å². The average Bonchev–Trinajstić information content (AvgIpc) is 3.81. The van der Waals surface area contributed by atoms with Gasteiger partial charge in [0, 0.05) is 12.1 Å². The molecular formula is C34H33IO7. The van der Waals surface area contributed by atoms with Crippen LogP contribution in [0.25, 0.3) is 0 Å². The largest absolute Gasteiger partial charge is 0.514 e. The van der Waals surface area contributed by atoms with E-state index < -0.39 is 11.8 Å². The van der Waals surface area contributed by atoms with Crippen molar-refractivity contribution in [2.75, 3.05) is 6.61 Å². The summed E-state index contributed by atoms with van der Waals surface area (Å²) < 4.78 is 36.1. The van der Waals surface area contributed by atoms with E-state index in [2.05, 4.69) is 22.6 Å². The molecule has 218 valence electrons. The van der Waals surface area contributed by atoms with Crippen molar-refractivity contribution in [1.29, 1.82) is 0 Å². The number of carbonyl (C=O) groups excluding carboxylic acids is 1. The van der Waals surface area contributed by atoms with E-state index in [0.717, 1.165) is 20.3 Å². The number of hydrogen-bond donors (Lipinski definition) is 0. The van der Waals surface area contributed by atoms with Gasteiger partial charge in [-0.05, 0) is 72.2 Å². The minimum Gasteiger partial charge on any atom is -0.489 e. The second-order valence-corrected chi connectivity index (χ2v) is 11.9. The molecule has 1 heterocycles. The number of rotatable bonds is 11. The maximum Gasteiger partial charge on any atom is 0.514 e. The van der Waals surface area contributed by atoms with E-state index in [-0.39, 0.29) is 12.2 Å². The van der Waals surface area contributed by atoms with Crippen molar-refractivity contribution in [2.24, 2.45) is 0 Å². The fourth-order valence-corrected chi connectivity index (χ4v) is 4.71. The van der Waals surface area contributed by atoms with Crippen LogP contribution in [0.15, 0.2) is 97.1 Å². The predicted molar refractivity (Wildman–Crippen MR) is 167 cm³/mol. The molecule has 0 aromatic heterocycles. The highest BCUT2D eigenvalue weighted by Gasteiger charge is 2.36. The lowest BCUT2D eigenvalue weighted by molar-refractivity contribution is 0.0206. The van der Waals surface area contributed by atoms with E-state index in [0.29, 0.717) is 42.8 Å². The van der Waals surface area contributed by atoms with E-state index in [1.54, 1.807) is 32.9 Å². The molecule has 4 aromatic rings. The topological polar surface area (TPSA) is 75.8 Å². The molecule has 0 saturated carbocycles. The predicted octanol–water partition coefficient (Wildman–Crippen LogP) is 8.28. The van der Waals surface area contributed by atoms with Crippen molar-refractivity contribution in [3.8, 4) is 23.0 Å². The fourth-order valence-electron chi connectivity index (χ4n) is 4.12. The van der Waals surface area contributed by atoms with Crippen LogP contribution in [0, 0.1) is 3.57 Å². The lowest BCUT2D eigenvalue weighted by Gasteiger charge is -2.21. The molecule has 0 amide bonds. The van der Waals surface area contributed by atoms with Gasteiger partial charge in [0.2, 0.25) is 0 Å². The lowest BCUT2D eigenvalue weighted by atomic mass is 10.1. The SMILES string of the molecule is CC(C)(C)OC(=O)Oc1ccc([C@H](Oc2cc(OCc3ccccc3)cc(OCc3ccccc3)c2I)[C@H]2CO2)cc1. The maximum absolute atomic E-state index is 12.1. The quantitative estimate of drug-likeness (QED) is 0.0683. The Morgan fingerprint density at radius 2 is 1.40 bits per heavy atom. The molecule has 1 fully saturated rings. The molecule has 5 rings (SSSR count). The number of ether oxygens (including phenoxy) is 6. The molecule has 0 radical (unpaired) electrons. The molecule has 0 spiro atoms. The summed E-state index contributed by atoms with van der Waals surface area (Å²) in [5, 5.41) is 0. The number of halogens is 1. The van der Waals surface area contributed by atoms with Crippen molar-refractivity contribution in [3.63, 3.8) is 0 Å². The van der Waals surface area contributed by atoms with Gasteiger partial charge in [-0.25, -0.2) is 4.79 Å². The molecule has 4 aromatic carbocycles. The molecule has 0 bridgehead atoms. The summed E-state index contributed by atoms with van der Waals surface area (Å²) in [5.74, 6) is 2.30. The number of epoxide rings is 1. The third-order valence-corrected chi connectivity index (χ3v) is 7.28. The summed E-state index contributed by atoms with van der Waals surface area (Å²) in [7, 11) is 0. The smallest absolute Gasteiger partial charge is 0.489 e. The normalized spacial score (nSPS) is 14.9. The van der Waals surface area contributed by atoms with Crippen LogP contribution in [0.5, 0.6) is 23.0 Å². The average molecular weight is 681 g/mol. The van der Waals surface area contributed by atoms with Gasteiger partial charge in [-0.15, -0.1) is 0 Å². The zero-order valence-corrected chi connectivity index (χ0v) is 25.9. The first-order valence-electron chi connectivity index (χ1n) is 13.7. The van der Waals surface area contributed by atoms with Crippen molar-refractivity contribution in [1.82, 2.24) is 0 Å². The molecule has 0 unspecified atom stereocenters. The van der Waals surface area contributed by atoms with Crippen molar-refractivity contribution in [3.05, 3.63) is 117 Å². The van der Waals surface area contributed by atoms with Gasteiger partial charge in [-0.2, -0.15) is 0 Å². The minimum absolute atomic E-state index is 0.110. The lowest BCUT2D eigenvalue weighted by Crippen LogP contribution is -2.26. The molecule has 0 N–H and O–H groups in total. The van der Waals surface area contributed by atoms with Gasteiger partial charge >= 0.3 is 6.16 Å². The number of benzene rings is 4. The summed E-state index contributed by atoms with van der Waals surface area (Å²) in [6.45, 7) is 6.77. The Labute approximate surface area is 259 Å². The summed E-state index contributed by atoms with van der Waals surface area (Å²) in [6.07, 6.45) is -1.25. The molecule has 8 heteroatoms. The van der Waals surface area contributed by atoms with E-state index >= 15 is 0 Å². The molecular weight excluding hydrogens is 647 g/mol. The zero-order chi connectivity index (χ0) is 29.5. The Morgan fingerprint density at radius 1 is 0.833 bits per heavy atom. The summed E-state index contributed by atoms with van der Waals surface area (Å²) >= 11 is 2.25. The van der Waals surface area contributed by atoms with Crippen LogP contribution >= 0.6 is 22.6 Å². The van der Waals surface area contributed by atoms with Gasteiger partial charge in [-0.1, -0.05) is 72.8 Å². The first-order chi connectivity index (χ1) is 20.2. The van der Waals surface area contributed by atoms with Crippen molar-refractivity contribution >= 4 is 28.7 Å². The number of hydrogen-bond acceptors (Lipinski definition) is 7. The third kappa shape index (κ3) is 8.62. The Morgan fingerprint density at radius 3 is 1.98 bits per heavy atom. The van der Waals surface area contributed by atoms with Crippen LogP contribution in [0.4, 0.5) is 4.79 Å². The van der Waals surface area contributed by atoms with Gasteiger partial charge in [0.25, 0.3) is 0 Å². The van der Waals surface area contributed by atoms with Crippen LogP contribution in [0.1, 0.15) is 43.6 Å². The minimum atomic E-state index is -0.751. The van der Waals surface area contributed by atoms with Crippen LogP contribution in [0.3, 0.4) is 0 Å². The Kier molecular flexibility index (Phi) is 9.54. The third-order valence-electron chi connectivity index (χ3n) is 6.21. The van der Waals surface area contributed by atoms with Gasteiger partial charge in [0.15, 0.2) is 6.10 Å². The van der Waals surface area contributed by atoms with Gasteiger partial charge in [0.1, 0.15) is 47.9 Å². The highest BCUT2D eigenvalue weighted by molar-refractivity contribution is 14.1. The second kappa shape index (κ2) is 13.5. The van der Waals surface area contributed by atoms with E-state index in [1.165, 1.54) is 0 Å². The van der Waals surface area contributed by atoms with Crippen LogP contribution < -0.4 is 18.9 Å². The summed E-state index contributed by atoms with van der Waals surface area (Å²) in [6, 6.07) is 30.9.